The summed E-state index contributed by atoms with van der Waals surface area (Å²) in [4.78, 5) is 30.6. The first-order valence-corrected chi connectivity index (χ1v) is 22.3. The van der Waals surface area contributed by atoms with Gasteiger partial charge in [0.15, 0.2) is 10.9 Å². The fraction of sp³-hybridized carbons (Fsp3) is 0.638. The fourth-order valence-corrected chi connectivity index (χ4v) is 12.8. The van der Waals surface area contributed by atoms with Crippen LogP contribution in [0.3, 0.4) is 0 Å². The summed E-state index contributed by atoms with van der Waals surface area (Å²) >= 11 is 1.03. The standard InChI is InChI=1S/C47H64N4O3S/c1-8-33(30(2)3)14-13-31(4)38-17-18-39-37-16-15-35-29-36(21-25-46(35,6)40(37)22-26-47(38,39)7)54-42(52)19-20-43(53)55-45-50-49-44(34-23-27-48-28-24-34)51(45)41-12-10-9-11-32(41)5/h9-12,15,23-24,27-28,30-31,33,36-40H,8,13-14,16-22,25-26,29H2,1-7H3/t31-,33-,36+,37+,38-,39+,40+,46+,47-/m1/s1. The fourth-order valence-electron chi connectivity index (χ4n) is 12.0. The molecule has 0 spiro atoms. The molecule has 1 aromatic carbocycles. The van der Waals surface area contributed by atoms with Crippen LogP contribution in [0, 0.1) is 59.2 Å². The maximum absolute atomic E-state index is 13.3. The van der Waals surface area contributed by atoms with Crippen molar-refractivity contribution >= 4 is 22.8 Å². The molecule has 7 nitrogen and oxygen atoms in total. The number of esters is 1. The lowest BCUT2D eigenvalue weighted by molar-refractivity contribution is -0.152. The Morgan fingerprint density at radius 2 is 1.73 bits per heavy atom. The van der Waals surface area contributed by atoms with Crippen LogP contribution >= 0.6 is 11.8 Å². The van der Waals surface area contributed by atoms with Gasteiger partial charge in [0, 0.05) is 30.8 Å². The molecule has 2 heterocycles. The van der Waals surface area contributed by atoms with Gasteiger partial charge in [0.05, 0.1) is 12.1 Å². The summed E-state index contributed by atoms with van der Waals surface area (Å²) in [6.07, 6.45) is 19.7. The molecule has 55 heavy (non-hydrogen) atoms. The highest BCUT2D eigenvalue weighted by Crippen LogP contribution is 2.67. The van der Waals surface area contributed by atoms with Gasteiger partial charge >= 0.3 is 5.97 Å². The first-order chi connectivity index (χ1) is 26.4. The van der Waals surface area contributed by atoms with Crippen molar-refractivity contribution < 1.29 is 14.3 Å². The lowest BCUT2D eigenvalue weighted by atomic mass is 9.47. The zero-order chi connectivity index (χ0) is 38.9. The third-order valence-electron chi connectivity index (χ3n) is 15.2. The highest BCUT2D eigenvalue weighted by molar-refractivity contribution is 8.13. The summed E-state index contributed by atoms with van der Waals surface area (Å²) in [6, 6.07) is 11.7. The minimum absolute atomic E-state index is 0.0650. The highest BCUT2D eigenvalue weighted by Gasteiger charge is 2.59. The average molecular weight is 765 g/mol. The van der Waals surface area contributed by atoms with Gasteiger partial charge in [0.1, 0.15) is 6.10 Å². The Labute approximate surface area is 334 Å². The van der Waals surface area contributed by atoms with Crippen molar-refractivity contribution in [1.82, 2.24) is 19.7 Å². The van der Waals surface area contributed by atoms with E-state index in [2.05, 4.69) is 62.8 Å². The van der Waals surface area contributed by atoms with Crippen LogP contribution in [0.2, 0.25) is 0 Å². The lowest BCUT2D eigenvalue weighted by Crippen LogP contribution is -2.51. The third-order valence-corrected chi connectivity index (χ3v) is 16.1. The largest absolute Gasteiger partial charge is 0.462 e. The molecule has 2 aromatic heterocycles. The van der Waals surface area contributed by atoms with Crippen LogP contribution in [0.25, 0.3) is 17.1 Å². The van der Waals surface area contributed by atoms with Gasteiger partial charge in [-0.3, -0.25) is 19.1 Å². The zero-order valence-electron chi connectivity index (χ0n) is 34.4. The van der Waals surface area contributed by atoms with Gasteiger partial charge in [-0.15, -0.1) is 10.2 Å². The van der Waals surface area contributed by atoms with E-state index in [0.717, 1.165) is 89.3 Å². The van der Waals surface area contributed by atoms with Crippen molar-refractivity contribution in [3.8, 4) is 17.1 Å². The first kappa shape index (κ1) is 40.0. The van der Waals surface area contributed by atoms with Crippen molar-refractivity contribution in [3.63, 3.8) is 0 Å². The number of nitrogens with zero attached hydrogens (tertiary/aromatic N) is 4. The SMILES string of the molecule is CC[C@H](CC[C@@H](C)[C@H]1CC[C@H]2[C@@H]3CC=C4C[C@@H](OC(=O)CCC(=O)Sc5nnc(-c6ccncc6)n5-c5ccccc5C)CC[C@]4(C)[C@H]3CC[C@]12C)C(C)C. The molecule has 3 saturated carbocycles. The molecular weight excluding hydrogens is 701 g/mol. The van der Waals surface area contributed by atoms with E-state index in [1.54, 1.807) is 12.4 Å². The minimum Gasteiger partial charge on any atom is -0.462 e. The predicted octanol–water partition coefficient (Wildman–Crippen LogP) is 11.6. The summed E-state index contributed by atoms with van der Waals surface area (Å²) in [5, 5.41) is 9.21. The van der Waals surface area contributed by atoms with Crippen LogP contribution in [0.5, 0.6) is 0 Å². The number of carbonyl (C=O) groups excluding carboxylic acids is 2. The second-order valence-corrected chi connectivity index (χ2v) is 19.5. The molecule has 0 N–H and O–H groups in total. The molecule has 7 rings (SSSR count). The number of aryl methyl sites for hydroxylation is 1. The molecule has 0 bridgehead atoms. The molecule has 0 aliphatic heterocycles. The maximum Gasteiger partial charge on any atom is 0.306 e. The molecule has 0 unspecified atom stereocenters. The van der Waals surface area contributed by atoms with Crippen LogP contribution < -0.4 is 0 Å². The van der Waals surface area contributed by atoms with E-state index in [4.69, 9.17) is 4.74 Å². The number of aromatic nitrogens is 4. The molecule has 0 radical (unpaired) electrons. The Morgan fingerprint density at radius 1 is 0.945 bits per heavy atom. The van der Waals surface area contributed by atoms with Crippen molar-refractivity contribution in [2.24, 2.45) is 52.3 Å². The van der Waals surface area contributed by atoms with E-state index < -0.39 is 0 Å². The third kappa shape index (κ3) is 8.00. The molecule has 0 amide bonds. The highest BCUT2D eigenvalue weighted by atomic mass is 32.2. The van der Waals surface area contributed by atoms with E-state index in [9.17, 15) is 9.59 Å². The Kier molecular flexibility index (Phi) is 12.1. The van der Waals surface area contributed by atoms with Crippen LogP contribution in [0.4, 0.5) is 0 Å². The van der Waals surface area contributed by atoms with Crippen molar-refractivity contribution in [1.29, 1.82) is 0 Å². The number of pyridine rings is 1. The average Bonchev–Trinajstić information content (AvgIpc) is 3.75. The number of ether oxygens (including phenoxy) is 1. The van der Waals surface area contributed by atoms with Gasteiger partial charge in [0.25, 0.3) is 0 Å². The summed E-state index contributed by atoms with van der Waals surface area (Å²) in [6.45, 7) is 17.0. The second-order valence-electron chi connectivity index (χ2n) is 18.4. The van der Waals surface area contributed by atoms with Crippen molar-refractivity contribution in [2.45, 2.75) is 143 Å². The number of thioether (sulfide) groups is 1. The number of rotatable bonds is 13. The van der Waals surface area contributed by atoms with Crippen LogP contribution in [0.15, 0.2) is 65.6 Å². The lowest BCUT2D eigenvalue weighted by Gasteiger charge is -2.58. The molecule has 4 aliphatic carbocycles. The number of hydrogen-bond acceptors (Lipinski definition) is 7. The summed E-state index contributed by atoms with van der Waals surface area (Å²) < 4.78 is 8.02. The van der Waals surface area contributed by atoms with E-state index >= 15 is 0 Å². The maximum atomic E-state index is 13.3. The van der Waals surface area contributed by atoms with Gasteiger partial charge in [-0.1, -0.05) is 84.2 Å². The van der Waals surface area contributed by atoms with Gasteiger partial charge in [-0.05, 0) is 146 Å². The Morgan fingerprint density at radius 3 is 2.47 bits per heavy atom. The summed E-state index contributed by atoms with van der Waals surface area (Å²) in [5.41, 5.74) is 5.01. The quantitative estimate of drug-likeness (QED) is 0.0973. The van der Waals surface area contributed by atoms with E-state index in [1.807, 2.05) is 47.9 Å². The number of carbonyl (C=O) groups is 2. The molecule has 9 atom stereocenters. The van der Waals surface area contributed by atoms with Gasteiger partial charge in [-0.2, -0.15) is 0 Å². The van der Waals surface area contributed by atoms with Crippen LogP contribution in [-0.4, -0.2) is 36.9 Å². The summed E-state index contributed by atoms with van der Waals surface area (Å²) in [5.74, 6) is 6.02. The molecule has 3 aromatic rings. The molecule has 0 saturated heterocycles. The number of fused-ring (bicyclic) bond motifs is 5. The summed E-state index contributed by atoms with van der Waals surface area (Å²) in [7, 11) is 0. The number of para-hydroxylation sites is 1. The van der Waals surface area contributed by atoms with Crippen molar-refractivity contribution in [3.05, 3.63) is 66.0 Å². The second kappa shape index (κ2) is 16.7. The number of benzene rings is 1. The first-order valence-electron chi connectivity index (χ1n) is 21.4. The predicted molar refractivity (Wildman–Crippen MR) is 222 cm³/mol. The van der Waals surface area contributed by atoms with E-state index in [0.29, 0.717) is 16.4 Å². The van der Waals surface area contributed by atoms with E-state index in [1.165, 1.54) is 56.9 Å². The number of hydrogen-bond donors (Lipinski definition) is 0. The van der Waals surface area contributed by atoms with Crippen LogP contribution in [-0.2, 0) is 14.3 Å². The molecule has 8 heteroatoms. The Bertz CT molecular complexity index is 1850. The Balaban J connectivity index is 0.939. The number of allylic oxidation sites excluding steroid dienone is 1. The van der Waals surface area contributed by atoms with Gasteiger partial charge in [0.2, 0.25) is 5.16 Å². The molecule has 296 valence electrons. The topological polar surface area (TPSA) is 87.0 Å². The molecular formula is C47H64N4O3S. The minimum atomic E-state index is -0.284. The van der Waals surface area contributed by atoms with Gasteiger partial charge in [-0.25, -0.2) is 0 Å². The normalized spacial score (nSPS) is 29.8. The van der Waals surface area contributed by atoms with Gasteiger partial charge < -0.3 is 4.74 Å². The zero-order valence-corrected chi connectivity index (χ0v) is 35.2. The smallest absolute Gasteiger partial charge is 0.306 e. The molecule has 4 aliphatic rings. The Hall–Kier alpha value is -3.26. The van der Waals surface area contributed by atoms with Crippen LogP contribution in [0.1, 0.15) is 131 Å². The van der Waals surface area contributed by atoms with E-state index in [-0.39, 0.29) is 35.4 Å². The van der Waals surface area contributed by atoms with Crippen molar-refractivity contribution in [2.75, 3.05) is 0 Å². The molecule has 3 fully saturated rings. The monoisotopic (exact) mass is 764 g/mol.